The van der Waals surface area contributed by atoms with Gasteiger partial charge in [-0.05, 0) is 49.1 Å². The molecule has 0 atom stereocenters. The van der Waals surface area contributed by atoms with Crippen molar-refractivity contribution in [1.82, 2.24) is 0 Å². The van der Waals surface area contributed by atoms with E-state index in [0.29, 0.717) is 0 Å². The predicted molar refractivity (Wildman–Crippen MR) is 81.5 cm³/mol. The second kappa shape index (κ2) is 6.15. The topological polar surface area (TPSA) is 43.1 Å². The number of non-ortho nitro benzene ring substituents is 1. The maximum absolute atomic E-state index is 10.7. The summed E-state index contributed by atoms with van der Waals surface area (Å²) in [5.74, 6) is 0. The molecular weight excluding hydrogens is 250 g/mol. The zero-order valence-corrected chi connectivity index (χ0v) is 11.7. The summed E-state index contributed by atoms with van der Waals surface area (Å²) < 4.78 is 0. The summed E-state index contributed by atoms with van der Waals surface area (Å²) in [6.07, 6.45) is 0.834. The molecule has 2 aromatic carbocycles. The van der Waals surface area contributed by atoms with E-state index in [1.807, 2.05) is 30.3 Å². The van der Waals surface area contributed by atoms with Crippen LogP contribution in [-0.2, 0) is 6.42 Å². The molecule has 3 nitrogen and oxygen atoms in total. The Kier molecular flexibility index (Phi) is 4.31. The van der Waals surface area contributed by atoms with E-state index in [9.17, 15) is 10.1 Å². The summed E-state index contributed by atoms with van der Waals surface area (Å²) in [7, 11) is 0. The van der Waals surface area contributed by atoms with Gasteiger partial charge in [0.2, 0.25) is 0 Å². The van der Waals surface area contributed by atoms with Crippen LogP contribution in [0.1, 0.15) is 25.0 Å². The molecule has 3 heteroatoms. The van der Waals surface area contributed by atoms with Gasteiger partial charge in [0, 0.05) is 12.1 Å². The van der Waals surface area contributed by atoms with E-state index in [4.69, 9.17) is 0 Å². The van der Waals surface area contributed by atoms with Gasteiger partial charge in [0.15, 0.2) is 0 Å². The monoisotopic (exact) mass is 267 g/mol. The second-order valence-corrected chi connectivity index (χ2v) is 4.94. The molecular formula is C17H17NO2. The fourth-order valence-electron chi connectivity index (χ4n) is 2.15. The Morgan fingerprint density at radius 2 is 1.60 bits per heavy atom. The van der Waals surface area contributed by atoms with Gasteiger partial charge in [0.05, 0.1) is 4.92 Å². The maximum atomic E-state index is 10.7. The van der Waals surface area contributed by atoms with Crippen molar-refractivity contribution >= 4 is 11.3 Å². The highest BCUT2D eigenvalue weighted by Gasteiger charge is 2.08. The average molecular weight is 267 g/mol. The van der Waals surface area contributed by atoms with E-state index in [-0.39, 0.29) is 10.6 Å². The zero-order chi connectivity index (χ0) is 14.5. The molecule has 0 aliphatic rings. The highest BCUT2D eigenvalue weighted by molar-refractivity contribution is 5.70. The lowest BCUT2D eigenvalue weighted by molar-refractivity contribution is -0.384. The van der Waals surface area contributed by atoms with Gasteiger partial charge in [-0.1, -0.05) is 35.9 Å². The summed E-state index contributed by atoms with van der Waals surface area (Å²) >= 11 is 0. The van der Waals surface area contributed by atoms with Crippen molar-refractivity contribution in [2.24, 2.45) is 0 Å². The molecule has 0 aliphatic carbocycles. The molecule has 0 bridgehead atoms. The van der Waals surface area contributed by atoms with Gasteiger partial charge < -0.3 is 0 Å². The van der Waals surface area contributed by atoms with Crippen molar-refractivity contribution in [2.75, 3.05) is 0 Å². The Morgan fingerprint density at radius 1 is 1.00 bits per heavy atom. The summed E-state index contributed by atoms with van der Waals surface area (Å²) in [5, 5.41) is 10.7. The van der Waals surface area contributed by atoms with Gasteiger partial charge in [0.25, 0.3) is 5.69 Å². The first kappa shape index (κ1) is 14.0. The number of nitro groups is 1. The first-order valence-electron chi connectivity index (χ1n) is 6.53. The molecule has 0 N–H and O–H groups in total. The van der Waals surface area contributed by atoms with Crippen LogP contribution in [0.3, 0.4) is 0 Å². The van der Waals surface area contributed by atoms with Gasteiger partial charge in [-0.2, -0.15) is 0 Å². The Morgan fingerprint density at radius 3 is 2.10 bits per heavy atom. The quantitative estimate of drug-likeness (QED) is 0.598. The normalized spacial score (nSPS) is 10.1. The number of hydrogen-bond donors (Lipinski definition) is 0. The van der Waals surface area contributed by atoms with E-state index in [2.05, 4.69) is 26.0 Å². The van der Waals surface area contributed by atoms with Crippen LogP contribution in [0, 0.1) is 10.1 Å². The fourth-order valence-corrected chi connectivity index (χ4v) is 2.15. The van der Waals surface area contributed by atoms with Gasteiger partial charge in [-0.15, -0.1) is 0 Å². The minimum absolute atomic E-state index is 0.126. The van der Waals surface area contributed by atoms with Crippen molar-refractivity contribution in [2.45, 2.75) is 20.3 Å². The van der Waals surface area contributed by atoms with Crippen LogP contribution >= 0.6 is 0 Å². The second-order valence-electron chi connectivity index (χ2n) is 4.94. The molecule has 20 heavy (non-hydrogen) atoms. The molecule has 0 spiro atoms. The fraction of sp³-hybridized carbons (Fsp3) is 0.176. The van der Waals surface area contributed by atoms with Crippen LogP contribution < -0.4 is 0 Å². The molecule has 2 rings (SSSR count). The molecule has 102 valence electrons. The van der Waals surface area contributed by atoms with E-state index >= 15 is 0 Å². The minimum atomic E-state index is -0.372. The highest BCUT2D eigenvalue weighted by atomic mass is 16.6. The number of hydrogen-bond acceptors (Lipinski definition) is 2. The molecule has 0 fully saturated rings. The maximum Gasteiger partial charge on any atom is 0.269 e. The van der Waals surface area contributed by atoms with Crippen LogP contribution in [0.15, 0.2) is 60.2 Å². The smallest absolute Gasteiger partial charge is 0.258 e. The van der Waals surface area contributed by atoms with Crippen LogP contribution in [0.2, 0.25) is 0 Å². The highest BCUT2D eigenvalue weighted by Crippen LogP contribution is 2.25. The van der Waals surface area contributed by atoms with E-state index < -0.39 is 0 Å². The molecule has 0 amide bonds. The van der Waals surface area contributed by atoms with Gasteiger partial charge in [-0.3, -0.25) is 10.1 Å². The number of nitrogens with zero attached hydrogens (tertiary/aromatic N) is 1. The Bertz CT molecular complexity index is 624. The summed E-state index contributed by atoms with van der Waals surface area (Å²) in [4.78, 5) is 10.3. The summed E-state index contributed by atoms with van der Waals surface area (Å²) in [5.41, 5.74) is 4.84. The average Bonchev–Trinajstić information content (AvgIpc) is 2.45. The first-order valence-corrected chi connectivity index (χ1v) is 6.53. The molecule has 0 saturated carbocycles. The van der Waals surface area contributed by atoms with E-state index in [1.165, 1.54) is 16.7 Å². The van der Waals surface area contributed by atoms with Crippen molar-refractivity contribution in [3.05, 3.63) is 81.4 Å². The van der Waals surface area contributed by atoms with Crippen molar-refractivity contribution in [1.29, 1.82) is 0 Å². The number of nitro benzene ring substituents is 1. The molecule has 0 heterocycles. The molecule has 0 unspecified atom stereocenters. The zero-order valence-electron chi connectivity index (χ0n) is 11.7. The predicted octanol–water partition coefficient (Wildman–Crippen LogP) is 4.63. The lowest BCUT2D eigenvalue weighted by atomic mass is 9.94. The van der Waals surface area contributed by atoms with E-state index in [1.54, 1.807) is 12.1 Å². The standard InChI is InChI=1S/C17H17NO2/c1-13(2)17(12-14-6-4-3-5-7-14)15-8-10-16(11-9-15)18(19)20/h3-11H,12H2,1-2H3. The van der Waals surface area contributed by atoms with Crippen molar-refractivity contribution < 1.29 is 4.92 Å². The van der Waals surface area contributed by atoms with Gasteiger partial charge in [0.1, 0.15) is 0 Å². The summed E-state index contributed by atoms with van der Waals surface area (Å²) in [6, 6.07) is 17.0. The molecule has 0 aliphatic heterocycles. The number of benzene rings is 2. The minimum Gasteiger partial charge on any atom is -0.258 e. The van der Waals surface area contributed by atoms with Crippen LogP contribution in [0.4, 0.5) is 5.69 Å². The van der Waals surface area contributed by atoms with Gasteiger partial charge >= 0.3 is 0 Å². The lowest BCUT2D eigenvalue weighted by Crippen LogP contribution is -1.94. The number of allylic oxidation sites excluding steroid dienone is 2. The third kappa shape index (κ3) is 3.32. The Labute approximate surface area is 118 Å². The molecule has 0 saturated heterocycles. The Hall–Kier alpha value is -2.42. The summed E-state index contributed by atoms with van der Waals surface area (Å²) in [6.45, 7) is 4.14. The van der Waals surface area contributed by atoms with Crippen molar-refractivity contribution in [3.8, 4) is 0 Å². The Balaban J connectivity index is 2.31. The number of rotatable bonds is 4. The molecule has 0 aromatic heterocycles. The molecule has 0 radical (unpaired) electrons. The van der Waals surface area contributed by atoms with E-state index in [0.717, 1.165) is 12.0 Å². The lowest BCUT2D eigenvalue weighted by Gasteiger charge is -2.10. The third-order valence-electron chi connectivity index (χ3n) is 3.25. The van der Waals surface area contributed by atoms with Crippen LogP contribution in [0.5, 0.6) is 0 Å². The molecule has 2 aromatic rings. The first-order chi connectivity index (χ1) is 9.58. The third-order valence-corrected chi connectivity index (χ3v) is 3.25. The SMILES string of the molecule is CC(C)=C(Cc1ccccc1)c1ccc([N+](=O)[O-])cc1. The van der Waals surface area contributed by atoms with Gasteiger partial charge in [-0.25, -0.2) is 0 Å². The largest absolute Gasteiger partial charge is 0.269 e. The van der Waals surface area contributed by atoms with Crippen LogP contribution in [0.25, 0.3) is 5.57 Å². The van der Waals surface area contributed by atoms with Crippen molar-refractivity contribution in [3.63, 3.8) is 0 Å². The van der Waals surface area contributed by atoms with Crippen LogP contribution in [-0.4, -0.2) is 4.92 Å².